The summed E-state index contributed by atoms with van der Waals surface area (Å²) in [5.41, 5.74) is -0.770. The molecule has 0 bridgehead atoms. The lowest BCUT2D eigenvalue weighted by molar-refractivity contribution is -0.292. The highest BCUT2D eigenvalue weighted by Crippen LogP contribution is 2.44. The summed E-state index contributed by atoms with van der Waals surface area (Å²) in [7, 11) is 1.50. The van der Waals surface area contributed by atoms with Crippen molar-refractivity contribution in [1.29, 1.82) is 0 Å². The third kappa shape index (κ3) is 5.37. The van der Waals surface area contributed by atoms with Crippen molar-refractivity contribution in [2.24, 2.45) is 0 Å². The first-order valence-electron chi connectivity index (χ1n) is 12.7. The van der Waals surface area contributed by atoms with Gasteiger partial charge in [-0.25, -0.2) is 0 Å². The third-order valence-corrected chi connectivity index (χ3v) is 7.26. The number of hydrogen-bond donors (Lipinski definition) is 8. The van der Waals surface area contributed by atoms with Crippen LogP contribution in [0.1, 0.15) is 11.7 Å². The summed E-state index contributed by atoms with van der Waals surface area (Å²) in [6.07, 6.45) is -14.5. The van der Waals surface area contributed by atoms with Gasteiger partial charge < -0.3 is 64.2 Å². The lowest BCUT2D eigenvalue weighted by Crippen LogP contribution is -2.57. The fourth-order valence-corrected chi connectivity index (χ4v) is 4.93. The molecular formula is C27H30O14. The minimum atomic E-state index is -1.87. The molecule has 9 unspecified atom stereocenters. The second-order valence-electron chi connectivity index (χ2n) is 9.89. The summed E-state index contributed by atoms with van der Waals surface area (Å²) in [5.74, 6) is -0.685. The van der Waals surface area contributed by atoms with Gasteiger partial charge in [-0.15, -0.1) is 0 Å². The van der Waals surface area contributed by atoms with E-state index < -0.39 is 84.2 Å². The van der Waals surface area contributed by atoms with E-state index >= 15 is 0 Å². The SMILES string of the molecule is COc1ccc(-c2cc(=O)c3c(O)c(C4OC(COC5OCC(O)C(O)C5O)C(O)C(O)C4O)c(O)cc3o2)cc1. The Labute approximate surface area is 231 Å². The van der Waals surface area contributed by atoms with Crippen LogP contribution in [0.4, 0.5) is 0 Å². The molecule has 3 heterocycles. The molecule has 9 atom stereocenters. The minimum absolute atomic E-state index is 0.145. The van der Waals surface area contributed by atoms with Gasteiger partial charge in [-0.05, 0) is 24.3 Å². The molecule has 3 aromatic rings. The molecule has 14 nitrogen and oxygen atoms in total. The summed E-state index contributed by atoms with van der Waals surface area (Å²) >= 11 is 0. The lowest BCUT2D eigenvalue weighted by Gasteiger charge is -2.42. The number of rotatable bonds is 6. The molecule has 0 amide bonds. The Balaban J connectivity index is 1.44. The van der Waals surface area contributed by atoms with Gasteiger partial charge in [0.25, 0.3) is 0 Å². The summed E-state index contributed by atoms with van der Waals surface area (Å²) in [4.78, 5) is 13.1. The van der Waals surface area contributed by atoms with Crippen molar-refractivity contribution in [1.82, 2.24) is 0 Å². The third-order valence-electron chi connectivity index (χ3n) is 7.26. The number of phenols is 2. The maximum absolute atomic E-state index is 13.1. The maximum atomic E-state index is 13.1. The van der Waals surface area contributed by atoms with Crippen molar-refractivity contribution >= 4 is 11.0 Å². The number of aromatic hydroxyl groups is 2. The van der Waals surface area contributed by atoms with E-state index in [0.29, 0.717) is 11.3 Å². The van der Waals surface area contributed by atoms with E-state index in [1.165, 1.54) is 7.11 Å². The van der Waals surface area contributed by atoms with Crippen molar-refractivity contribution < 1.29 is 64.2 Å². The smallest absolute Gasteiger partial charge is 0.197 e. The van der Waals surface area contributed by atoms with Gasteiger partial charge >= 0.3 is 0 Å². The largest absolute Gasteiger partial charge is 0.507 e. The lowest BCUT2D eigenvalue weighted by atomic mass is 9.89. The first kappa shape index (κ1) is 29.2. The number of fused-ring (bicyclic) bond motifs is 1. The van der Waals surface area contributed by atoms with Crippen LogP contribution in [0.5, 0.6) is 17.2 Å². The molecular weight excluding hydrogens is 548 g/mol. The number of ether oxygens (including phenoxy) is 4. The molecule has 1 aromatic heterocycles. The van der Waals surface area contributed by atoms with E-state index in [1.807, 2.05) is 0 Å². The molecule has 14 heteroatoms. The zero-order valence-corrected chi connectivity index (χ0v) is 21.6. The van der Waals surface area contributed by atoms with Gasteiger partial charge in [0, 0.05) is 17.7 Å². The summed E-state index contributed by atoms with van der Waals surface area (Å²) < 4.78 is 27.1. The van der Waals surface area contributed by atoms with E-state index in [-0.39, 0.29) is 23.3 Å². The fourth-order valence-electron chi connectivity index (χ4n) is 4.93. The van der Waals surface area contributed by atoms with Gasteiger partial charge in [-0.3, -0.25) is 4.79 Å². The highest BCUT2D eigenvalue weighted by atomic mass is 16.7. The molecule has 2 fully saturated rings. The molecule has 2 saturated heterocycles. The van der Waals surface area contributed by atoms with Gasteiger partial charge in [-0.1, -0.05) is 0 Å². The van der Waals surface area contributed by atoms with Crippen LogP contribution in [0, 0.1) is 0 Å². The fraction of sp³-hybridized carbons (Fsp3) is 0.444. The standard InChI is InChI=1S/C27H30O14/c1-37-11-4-2-10(3-5-11)15-6-12(28)18-16(40-15)7-13(29)19(22(18)33)26-24(35)23(34)21(32)17(41-26)9-39-27-25(36)20(31)14(30)8-38-27/h2-7,14,17,20-21,23-27,29-36H,8-9H2,1H3. The topological polar surface area (TPSA) is 229 Å². The van der Waals surface area contributed by atoms with Gasteiger partial charge in [0.15, 0.2) is 11.7 Å². The van der Waals surface area contributed by atoms with Gasteiger partial charge in [0.05, 0.1) is 25.9 Å². The van der Waals surface area contributed by atoms with Crippen LogP contribution in [0.15, 0.2) is 45.6 Å². The molecule has 0 aliphatic carbocycles. The molecule has 41 heavy (non-hydrogen) atoms. The molecule has 222 valence electrons. The molecule has 0 radical (unpaired) electrons. The minimum Gasteiger partial charge on any atom is -0.507 e. The summed E-state index contributed by atoms with van der Waals surface area (Å²) in [5, 5.41) is 82.8. The Morgan fingerprint density at radius 1 is 0.902 bits per heavy atom. The first-order valence-corrected chi connectivity index (χ1v) is 12.7. The number of hydrogen-bond acceptors (Lipinski definition) is 14. The monoisotopic (exact) mass is 578 g/mol. The molecule has 0 spiro atoms. The molecule has 2 aliphatic heterocycles. The summed E-state index contributed by atoms with van der Waals surface area (Å²) in [6, 6.07) is 8.81. The quantitative estimate of drug-likeness (QED) is 0.173. The number of benzene rings is 2. The number of phenolic OH excluding ortho intramolecular Hbond substituents is 2. The van der Waals surface area contributed by atoms with Crippen LogP contribution in [0.2, 0.25) is 0 Å². The van der Waals surface area contributed by atoms with Crippen molar-refractivity contribution in [3.8, 4) is 28.6 Å². The normalized spacial score (nSPS) is 32.2. The van der Waals surface area contributed by atoms with Crippen molar-refractivity contribution in [3.05, 3.63) is 52.2 Å². The number of aliphatic hydroxyl groups is 6. The predicted octanol–water partition coefficient (Wildman–Crippen LogP) is -1.14. The highest BCUT2D eigenvalue weighted by Gasteiger charge is 2.47. The van der Waals surface area contributed by atoms with Crippen LogP contribution in [0.3, 0.4) is 0 Å². The van der Waals surface area contributed by atoms with E-state index in [2.05, 4.69) is 0 Å². The van der Waals surface area contributed by atoms with E-state index in [4.69, 9.17) is 23.4 Å². The Morgan fingerprint density at radius 2 is 1.61 bits per heavy atom. The van der Waals surface area contributed by atoms with Crippen LogP contribution < -0.4 is 10.2 Å². The summed E-state index contributed by atoms with van der Waals surface area (Å²) in [6.45, 7) is -0.892. The van der Waals surface area contributed by atoms with E-state index in [0.717, 1.165) is 12.1 Å². The second kappa shape index (κ2) is 11.5. The van der Waals surface area contributed by atoms with Crippen LogP contribution in [0.25, 0.3) is 22.3 Å². The molecule has 2 aromatic carbocycles. The average molecular weight is 579 g/mol. The Bertz CT molecular complexity index is 1440. The van der Waals surface area contributed by atoms with E-state index in [1.54, 1.807) is 24.3 Å². The number of methoxy groups -OCH3 is 1. The van der Waals surface area contributed by atoms with Crippen molar-refractivity contribution in [2.75, 3.05) is 20.3 Å². The van der Waals surface area contributed by atoms with E-state index in [9.17, 15) is 45.6 Å². The zero-order valence-electron chi connectivity index (χ0n) is 21.6. The predicted molar refractivity (Wildman–Crippen MR) is 137 cm³/mol. The van der Waals surface area contributed by atoms with Crippen molar-refractivity contribution in [2.45, 2.75) is 55.1 Å². The van der Waals surface area contributed by atoms with Crippen LogP contribution in [-0.4, -0.2) is 110 Å². The Kier molecular flexibility index (Phi) is 8.20. The van der Waals surface area contributed by atoms with Gasteiger partial charge in [0.1, 0.15) is 82.8 Å². The van der Waals surface area contributed by atoms with Gasteiger partial charge in [-0.2, -0.15) is 0 Å². The molecule has 2 aliphatic rings. The van der Waals surface area contributed by atoms with Gasteiger partial charge in [0.2, 0.25) is 0 Å². The zero-order chi connectivity index (χ0) is 29.6. The number of aliphatic hydroxyl groups excluding tert-OH is 6. The van der Waals surface area contributed by atoms with Crippen LogP contribution in [-0.2, 0) is 14.2 Å². The molecule has 8 N–H and O–H groups in total. The average Bonchev–Trinajstić information content (AvgIpc) is 2.95. The Hall–Kier alpha value is -3.31. The first-order chi connectivity index (χ1) is 19.5. The van der Waals surface area contributed by atoms with Crippen molar-refractivity contribution in [3.63, 3.8) is 0 Å². The Morgan fingerprint density at radius 3 is 2.29 bits per heavy atom. The molecule has 0 saturated carbocycles. The maximum Gasteiger partial charge on any atom is 0.197 e. The molecule has 5 rings (SSSR count). The van der Waals surface area contributed by atoms with Crippen LogP contribution >= 0.6 is 0 Å². The second-order valence-corrected chi connectivity index (χ2v) is 9.89. The highest BCUT2D eigenvalue weighted by molar-refractivity contribution is 5.88.